The van der Waals surface area contributed by atoms with E-state index in [1.807, 2.05) is 0 Å². The first kappa shape index (κ1) is 12.8. The molecule has 1 rings (SSSR count). The number of nitro groups is 1. The number of carbonyl (C=O) groups is 1. The Hall–Kier alpha value is -2.24. The number of pyridine rings is 1. The first-order valence-electron chi connectivity index (χ1n) is 5.01. The van der Waals surface area contributed by atoms with Gasteiger partial charge in [-0.3, -0.25) is 10.1 Å². The van der Waals surface area contributed by atoms with Gasteiger partial charge in [-0.2, -0.15) is 0 Å². The van der Waals surface area contributed by atoms with Crippen molar-refractivity contribution in [2.24, 2.45) is 0 Å². The summed E-state index contributed by atoms with van der Waals surface area (Å²) in [6, 6.07) is 2.83. The molecule has 0 amide bonds. The van der Waals surface area contributed by atoms with Crippen molar-refractivity contribution < 1.29 is 14.5 Å². The Morgan fingerprint density at radius 3 is 2.82 bits per heavy atom. The van der Waals surface area contributed by atoms with E-state index in [2.05, 4.69) is 4.98 Å². The maximum atomic E-state index is 11.0. The van der Waals surface area contributed by atoms with Gasteiger partial charge in [-0.15, -0.1) is 0 Å². The standard InChI is InChI=1S/C11H12N2O4/c1-3-17-11(14)7-5-9-4-6-10(13(15)16)8(2)12-9/h4-7H,3H2,1-2H3. The average molecular weight is 236 g/mol. The number of nitrogens with zero attached hydrogens (tertiary/aromatic N) is 2. The van der Waals surface area contributed by atoms with Gasteiger partial charge in [0.05, 0.1) is 17.2 Å². The van der Waals surface area contributed by atoms with Crippen LogP contribution in [0.3, 0.4) is 0 Å². The van der Waals surface area contributed by atoms with Gasteiger partial charge in [0.25, 0.3) is 5.69 Å². The van der Waals surface area contributed by atoms with E-state index in [0.717, 1.165) is 0 Å². The highest BCUT2D eigenvalue weighted by Crippen LogP contribution is 2.15. The van der Waals surface area contributed by atoms with Gasteiger partial charge in [-0.05, 0) is 26.0 Å². The Balaban J connectivity index is 2.84. The molecule has 0 aromatic carbocycles. The number of carbonyl (C=O) groups excluding carboxylic acids is 1. The topological polar surface area (TPSA) is 82.3 Å². The second-order valence-electron chi connectivity index (χ2n) is 3.18. The lowest BCUT2D eigenvalue weighted by Crippen LogP contribution is -1.99. The van der Waals surface area contributed by atoms with Gasteiger partial charge in [-0.25, -0.2) is 9.78 Å². The molecule has 6 heteroatoms. The first-order valence-corrected chi connectivity index (χ1v) is 5.01. The minimum atomic E-state index is -0.499. The molecule has 0 unspecified atom stereocenters. The molecule has 0 radical (unpaired) electrons. The fourth-order valence-corrected chi connectivity index (χ4v) is 1.20. The van der Waals surface area contributed by atoms with Crippen LogP contribution in [0.15, 0.2) is 18.2 Å². The minimum absolute atomic E-state index is 0.0433. The van der Waals surface area contributed by atoms with E-state index < -0.39 is 10.9 Å². The van der Waals surface area contributed by atoms with Crippen LogP contribution in [-0.4, -0.2) is 22.5 Å². The molecule has 0 N–H and O–H groups in total. The Morgan fingerprint density at radius 1 is 1.59 bits per heavy atom. The number of hydrogen-bond acceptors (Lipinski definition) is 5. The van der Waals surface area contributed by atoms with Crippen LogP contribution >= 0.6 is 0 Å². The van der Waals surface area contributed by atoms with E-state index >= 15 is 0 Å². The Kier molecular flexibility index (Phi) is 4.33. The third-order valence-electron chi connectivity index (χ3n) is 1.95. The fraction of sp³-hybridized carbons (Fsp3) is 0.273. The van der Waals surface area contributed by atoms with Gasteiger partial charge in [0.15, 0.2) is 0 Å². The van der Waals surface area contributed by atoms with Crippen molar-refractivity contribution in [1.29, 1.82) is 0 Å². The van der Waals surface area contributed by atoms with Crippen LogP contribution in [0, 0.1) is 17.0 Å². The van der Waals surface area contributed by atoms with Crippen LogP contribution in [0.5, 0.6) is 0 Å². The number of ether oxygens (including phenoxy) is 1. The predicted octanol–water partition coefficient (Wildman–Crippen LogP) is 1.87. The van der Waals surface area contributed by atoms with E-state index in [4.69, 9.17) is 4.74 Å². The number of aromatic nitrogens is 1. The minimum Gasteiger partial charge on any atom is -0.463 e. The third kappa shape index (κ3) is 3.67. The summed E-state index contributed by atoms with van der Waals surface area (Å²) in [6.45, 7) is 3.55. The highest BCUT2D eigenvalue weighted by atomic mass is 16.6. The third-order valence-corrected chi connectivity index (χ3v) is 1.95. The van der Waals surface area contributed by atoms with Gasteiger partial charge in [0.2, 0.25) is 0 Å². The molecule has 0 fully saturated rings. The monoisotopic (exact) mass is 236 g/mol. The summed E-state index contributed by atoms with van der Waals surface area (Å²) in [4.78, 5) is 25.1. The zero-order chi connectivity index (χ0) is 12.8. The van der Waals surface area contributed by atoms with Crippen LogP contribution < -0.4 is 0 Å². The quantitative estimate of drug-likeness (QED) is 0.345. The van der Waals surface area contributed by atoms with Crippen molar-refractivity contribution in [2.45, 2.75) is 13.8 Å². The van der Waals surface area contributed by atoms with Gasteiger partial charge in [0.1, 0.15) is 5.69 Å². The summed E-state index contributed by atoms with van der Waals surface area (Å²) in [7, 11) is 0. The van der Waals surface area contributed by atoms with E-state index in [9.17, 15) is 14.9 Å². The maximum absolute atomic E-state index is 11.0. The number of aryl methyl sites for hydroxylation is 1. The first-order chi connectivity index (χ1) is 8.04. The van der Waals surface area contributed by atoms with Crippen LogP contribution in [0.4, 0.5) is 5.69 Å². The molecule has 17 heavy (non-hydrogen) atoms. The van der Waals surface area contributed by atoms with Crippen molar-refractivity contribution >= 4 is 17.7 Å². The largest absolute Gasteiger partial charge is 0.463 e. The SMILES string of the molecule is CCOC(=O)C=Cc1ccc([N+](=O)[O-])c(C)n1. The Morgan fingerprint density at radius 2 is 2.29 bits per heavy atom. The van der Waals surface area contributed by atoms with Crippen LogP contribution in [0.25, 0.3) is 6.08 Å². The molecule has 0 aliphatic heterocycles. The lowest BCUT2D eigenvalue weighted by Gasteiger charge is -1.98. The zero-order valence-electron chi connectivity index (χ0n) is 9.54. The van der Waals surface area contributed by atoms with Crippen molar-refractivity contribution in [1.82, 2.24) is 4.98 Å². The van der Waals surface area contributed by atoms with Gasteiger partial charge in [-0.1, -0.05) is 0 Å². The molecule has 1 aromatic heterocycles. The normalized spacial score (nSPS) is 10.5. The molecule has 0 aliphatic carbocycles. The van der Waals surface area contributed by atoms with Crippen LogP contribution in [-0.2, 0) is 9.53 Å². The molecular formula is C11H12N2O4. The molecule has 0 saturated heterocycles. The van der Waals surface area contributed by atoms with Crippen LogP contribution in [0.1, 0.15) is 18.3 Å². The Labute approximate surface area is 98.1 Å². The zero-order valence-corrected chi connectivity index (χ0v) is 9.54. The maximum Gasteiger partial charge on any atom is 0.330 e. The van der Waals surface area contributed by atoms with Gasteiger partial charge < -0.3 is 4.74 Å². The summed E-state index contributed by atoms with van der Waals surface area (Å²) in [6.07, 6.45) is 2.69. The van der Waals surface area contributed by atoms with E-state index in [-0.39, 0.29) is 5.69 Å². The molecule has 1 heterocycles. The number of rotatable bonds is 4. The molecular weight excluding hydrogens is 224 g/mol. The lowest BCUT2D eigenvalue weighted by atomic mass is 10.2. The fourth-order valence-electron chi connectivity index (χ4n) is 1.20. The number of esters is 1. The highest BCUT2D eigenvalue weighted by Gasteiger charge is 2.10. The molecule has 1 aromatic rings. The van der Waals surface area contributed by atoms with Crippen LogP contribution in [0.2, 0.25) is 0 Å². The summed E-state index contributed by atoms with van der Waals surface area (Å²) in [5.74, 6) is -0.467. The summed E-state index contributed by atoms with van der Waals surface area (Å²) in [5.41, 5.74) is 0.737. The molecule has 0 saturated carbocycles. The number of hydrogen-bond donors (Lipinski definition) is 0. The summed E-state index contributed by atoms with van der Waals surface area (Å²) in [5, 5.41) is 10.6. The van der Waals surface area contributed by atoms with Crippen molar-refractivity contribution in [3.8, 4) is 0 Å². The molecule has 0 spiro atoms. The molecule has 0 aliphatic rings. The highest BCUT2D eigenvalue weighted by molar-refractivity contribution is 5.86. The molecule has 0 atom stereocenters. The Bertz CT molecular complexity index is 469. The van der Waals surface area contributed by atoms with Gasteiger partial charge in [0, 0.05) is 12.1 Å². The van der Waals surface area contributed by atoms with Crippen molar-refractivity contribution in [3.63, 3.8) is 0 Å². The van der Waals surface area contributed by atoms with E-state index in [1.54, 1.807) is 13.8 Å². The van der Waals surface area contributed by atoms with E-state index in [0.29, 0.717) is 18.0 Å². The predicted molar refractivity (Wildman–Crippen MR) is 61.3 cm³/mol. The smallest absolute Gasteiger partial charge is 0.330 e. The lowest BCUT2D eigenvalue weighted by molar-refractivity contribution is -0.385. The second-order valence-corrected chi connectivity index (χ2v) is 3.18. The van der Waals surface area contributed by atoms with E-state index in [1.165, 1.54) is 24.3 Å². The summed E-state index contributed by atoms with van der Waals surface area (Å²) < 4.78 is 4.69. The molecule has 0 bridgehead atoms. The average Bonchev–Trinajstić information content (AvgIpc) is 2.26. The van der Waals surface area contributed by atoms with Crippen molar-refractivity contribution in [2.75, 3.05) is 6.61 Å². The summed E-state index contributed by atoms with van der Waals surface area (Å²) >= 11 is 0. The molecule has 6 nitrogen and oxygen atoms in total. The van der Waals surface area contributed by atoms with Crippen molar-refractivity contribution in [3.05, 3.63) is 39.7 Å². The van der Waals surface area contributed by atoms with Gasteiger partial charge >= 0.3 is 5.97 Å². The molecule has 90 valence electrons. The second kappa shape index (κ2) is 5.74.